The number of aliphatic hydroxyl groups excluding tert-OH is 1. The van der Waals surface area contributed by atoms with Crippen molar-refractivity contribution in [3.05, 3.63) is 0 Å². The molecule has 0 aromatic rings. The maximum atomic E-state index is 9.89. The maximum Gasteiger partial charge on any atom is 0.107 e. The minimum Gasteiger partial charge on any atom is -0.388 e. The highest BCUT2D eigenvalue weighted by Gasteiger charge is 2.50. The molecule has 0 saturated carbocycles. The summed E-state index contributed by atoms with van der Waals surface area (Å²) in [6, 6.07) is 0. The molecule has 76 valence electrons. The Morgan fingerprint density at radius 1 is 1.38 bits per heavy atom. The molecular weight excluding hydrogens is 168 g/mol. The summed E-state index contributed by atoms with van der Waals surface area (Å²) in [5, 5.41) is 9.89. The Bertz CT molecular complexity index is 195. The van der Waals surface area contributed by atoms with Gasteiger partial charge in [0.25, 0.3) is 0 Å². The van der Waals surface area contributed by atoms with Gasteiger partial charge in [-0.05, 0) is 12.3 Å². The lowest BCUT2D eigenvalue weighted by Crippen LogP contribution is -2.50. The number of ether oxygens (including phenoxy) is 2. The molecule has 0 aromatic heterocycles. The van der Waals surface area contributed by atoms with Gasteiger partial charge < -0.3 is 14.6 Å². The van der Waals surface area contributed by atoms with Crippen LogP contribution in [0, 0.1) is 11.8 Å². The number of methoxy groups -OCH3 is 1. The van der Waals surface area contributed by atoms with Gasteiger partial charge in [-0.3, -0.25) is 0 Å². The topological polar surface area (TPSA) is 38.7 Å². The summed E-state index contributed by atoms with van der Waals surface area (Å²) in [4.78, 5) is 0. The standard InChI is InChI=1S/C10H18O3/c1-5-4-7-8(11)10(12-3)6(2)9(5)13-7/h5-11H,4H2,1-3H3/t5?,6?,7?,8-,9?,10+/m0/s1. The Labute approximate surface area is 79.0 Å². The van der Waals surface area contributed by atoms with E-state index in [1.165, 1.54) is 0 Å². The summed E-state index contributed by atoms with van der Waals surface area (Å²) in [7, 11) is 1.67. The fourth-order valence-corrected chi connectivity index (χ4v) is 2.82. The zero-order chi connectivity index (χ0) is 9.59. The van der Waals surface area contributed by atoms with E-state index >= 15 is 0 Å². The summed E-state index contributed by atoms with van der Waals surface area (Å²) in [6.45, 7) is 4.28. The van der Waals surface area contributed by atoms with E-state index in [1.54, 1.807) is 7.11 Å². The third-order valence-electron chi connectivity index (χ3n) is 3.52. The van der Waals surface area contributed by atoms with Crippen molar-refractivity contribution in [3.8, 4) is 0 Å². The number of aliphatic hydroxyl groups is 1. The second-order valence-corrected chi connectivity index (χ2v) is 4.40. The first kappa shape index (κ1) is 9.44. The molecule has 6 atom stereocenters. The molecule has 2 rings (SSSR count). The van der Waals surface area contributed by atoms with Gasteiger partial charge in [0.2, 0.25) is 0 Å². The van der Waals surface area contributed by atoms with Crippen molar-refractivity contribution in [2.24, 2.45) is 11.8 Å². The van der Waals surface area contributed by atoms with Crippen molar-refractivity contribution < 1.29 is 14.6 Å². The summed E-state index contributed by atoms with van der Waals surface area (Å²) < 4.78 is 11.1. The van der Waals surface area contributed by atoms with Gasteiger partial charge in [0.15, 0.2) is 0 Å². The van der Waals surface area contributed by atoms with Gasteiger partial charge in [-0.1, -0.05) is 13.8 Å². The maximum absolute atomic E-state index is 9.89. The van der Waals surface area contributed by atoms with E-state index in [0.29, 0.717) is 11.8 Å². The zero-order valence-corrected chi connectivity index (χ0v) is 8.43. The van der Waals surface area contributed by atoms with E-state index in [-0.39, 0.29) is 18.3 Å². The third kappa shape index (κ3) is 1.30. The Morgan fingerprint density at radius 2 is 2.08 bits per heavy atom. The number of fused-ring (bicyclic) bond motifs is 2. The van der Waals surface area contributed by atoms with Crippen LogP contribution in [0.1, 0.15) is 20.3 Å². The lowest BCUT2D eigenvalue weighted by Gasteiger charge is -2.38. The van der Waals surface area contributed by atoms with Crippen LogP contribution >= 0.6 is 0 Å². The molecule has 0 aromatic carbocycles. The largest absolute Gasteiger partial charge is 0.388 e. The lowest BCUT2D eigenvalue weighted by atomic mass is 9.89. The van der Waals surface area contributed by atoms with E-state index < -0.39 is 6.10 Å². The lowest BCUT2D eigenvalue weighted by molar-refractivity contribution is -0.178. The van der Waals surface area contributed by atoms with Gasteiger partial charge in [0.1, 0.15) is 6.10 Å². The van der Waals surface area contributed by atoms with Crippen molar-refractivity contribution >= 4 is 0 Å². The monoisotopic (exact) mass is 186 g/mol. The van der Waals surface area contributed by atoms with Crippen molar-refractivity contribution in [2.45, 2.75) is 44.7 Å². The summed E-state index contributed by atoms with van der Waals surface area (Å²) in [5.41, 5.74) is 0. The first-order valence-corrected chi connectivity index (χ1v) is 5.01. The molecule has 13 heavy (non-hydrogen) atoms. The Balaban J connectivity index is 2.18. The van der Waals surface area contributed by atoms with Crippen LogP contribution in [0.4, 0.5) is 0 Å². The molecule has 1 N–H and O–H groups in total. The molecule has 0 aliphatic carbocycles. The molecule has 3 heteroatoms. The normalized spacial score (nSPS) is 55.4. The van der Waals surface area contributed by atoms with Gasteiger partial charge in [-0.2, -0.15) is 0 Å². The van der Waals surface area contributed by atoms with Crippen molar-refractivity contribution in [2.75, 3.05) is 7.11 Å². The molecule has 2 heterocycles. The van der Waals surface area contributed by atoms with E-state index in [2.05, 4.69) is 13.8 Å². The SMILES string of the molecule is CO[C@@H]1C(C)C2OC(CC2C)[C@@H]1O. The molecule has 2 bridgehead atoms. The second kappa shape index (κ2) is 3.23. The second-order valence-electron chi connectivity index (χ2n) is 4.40. The van der Waals surface area contributed by atoms with Crippen LogP contribution in [0.3, 0.4) is 0 Å². The Morgan fingerprint density at radius 3 is 2.69 bits per heavy atom. The van der Waals surface area contributed by atoms with Crippen LogP contribution in [-0.4, -0.2) is 36.6 Å². The number of rotatable bonds is 1. The molecule has 4 unspecified atom stereocenters. The van der Waals surface area contributed by atoms with Crippen molar-refractivity contribution in [1.29, 1.82) is 0 Å². The molecule has 0 spiro atoms. The van der Waals surface area contributed by atoms with Crippen molar-refractivity contribution in [1.82, 2.24) is 0 Å². The van der Waals surface area contributed by atoms with Gasteiger partial charge >= 0.3 is 0 Å². The van der Waals surface area contributed by atoms with E-state index in [9.17, 15) is 5.11 Å². The van der Waals surface area contributed by atoms with Gasteiger partial charge in [-0.15, -0.1) is 0 Å². The van der Waals surface area contributed by atoms with Gasteiger partial charge in [-0.25, -0.2) is 0 Å². The number of hydrogen-bond donors (Lipinski definition) is 1. The fourth-order valence-electron chi connectivity index (χ4n) is 2.82. The first-order valence-electron chi connectivity index (χ1n) is 5.01. The number of hydrogen-bond acceptors (Lipinski definition) is 3. The predicted molar refractivity (Wildman–Crippen MR) is 48.4 cm³/mol. The van der Waals surface area contributed by atoms with E-state index in [1.807, 2.05) is 0 Å². The predicted octanol–water partition coefficient (Wildman–Crippen LogP) is 0.806. The average Bonchev–Trinajstić information content (AvgIpc) is 2.44. The summed E-state index contributed by atoms with van der Waals surface area (Å²) in [6.07, 6.45) is 0.755. The van der Waals surface area contributed by atoms with Gasteiger partial charge in [0, 0.05) is 13.0 Å². The molecule has 0 amide bonds. The quantitative estimate of drug-likeness (QED) is 0.658. The van der Waals surface area contributed by atoms with Crippen LogP contribution in [0.2, 0.25) is 0 Å². The zero-order valence-electron chi connectivity index (χ0n) is 8.43. The molecule has 2 aliphatic rings. The van der Waals surface area contributed by atoms with E-state index in [4.69, 9.17) is 9.47 Å². The van der Waals surface area contributed by atoms with Crippen LogP contribution in [-0.2, 0) is 9.47 Å². The van der Waals surface area contributed by atoms with Crippen LogP contribution in [0.15, 0.2) is 0 Å². The highest BCUT2D eigenvalue weighted by atomic mass is 16.5. The highest BCUT2D eigenvalue weighted by molar-refractivity contribution is 4.98. The molecular formula is C10H18O3. The minimum atomic E-state index is -0.443. The Hall–Kier alpha value is -0.120. The molecule has 2 saturated heterocycles. The smallest absolute Gasteiger partial charge is 0.107 e. The molecule has 3 nitrogen and oxygen atoms in total. The third-order valence-corrected chi connectivity index (χ3v) is 3.52. The molecule has 2 aliphatic heterocycles. The fraction of sp³-hybridized carbons (Fsp3) is 1.00. The first-order chi connectivity index (χ1) is 6.15. The van der Waals surface area contributed by atoms with Crippen LogP contribution in [0.25, 0.3) is 0 Å². The van der Waals surface area contributed by atoms with Crippen molar-refractivity contribution in [3.63, 3.8) is 0 Å². The average molecular weight is 186 g/mol. The van der Waals surface area contributed by atoms with Crippen LogP contribution in [0.5, 0.6) is 0 Å². The molecule has 2 fully saturated rings. The summed E-state index contributed by atoms with van der Waals surface area (Å²) >= 11 is 0. The van der Waals surface area contributed by atoms with Crippen LogP contribution < -0.4 is 0 Å². The summed E-state index contributed by atoms with van der Waals surface area (Å²) in [5.74, 6) is 0.851. The molecule has 0 radical (unpaired) electrons. The minimum absolute atomic E-state index is 0.00106. The highest BCUT2D eigenvalue weighted by Crippen LogP contribution is 2.41. The van der Waals surface area contributed by atoms with Gasteiger partial charge in [0.05, 0.1) is 18.3 Å². The Kier molecular flexibility index (Phi) is 2.34. The van der Waals surface area contributed by atoms with E-state index in [0.717, 1.165) is 6.42 Å².